The number of halogens is 1. The highest BCUT2D eigenvalue weighted by molar-refractivity contribution is 9.11. The van der Waals surface area contributed by atoms with E-state index in [1.807, 2.05) is 12.1 Å². The lowest BCUT2D eigenvalue weighted by atomic mass is 10.1. The normalized spacial score (nSPS) is 14.7. The fourth-order valence-electron chi connectivity index (χ4n) is 1.91. The molecule has 0 atom stereocenters. The summed E-state index contributed by atoms with van der Waals surface area (Å²) in [5, 5.41) is 9.16. The lowest BCUT2D eigenvalue weighted by molar-refractivity contribution is 0.0695. The number of thiophene rings is 1. The van der Waals surface area contributed by atoms with Gasteiger partial charge in [-0.3, -0.25) is 4.98 Å². The Morgan fingerprint density at radius 1 is 1.33 bits per heavy atom. The summed E-state index contributed by atoms with van der Waals surface area (Å²) in [4.78, 5) is 16.8. The fourth-order valence-corrected chi connectivity index (χ4v) is 3.27. The van der Waals surface area contributed by atoms with Crippen molar-refractivity contribution in [2.24, 2.45) is 0 Å². The van der Waals surface area contributed by atoms with E-state index < -0.39 is 5.97 Å². The summed E-state index contributed by atoms with van der Waals surface area (Å²) in [6, 6.07) is 7.43. The molecule has 0 spiro atoms. The molecule has 2 aromatic heterocycles. The van der Waals surface area contributed by atoms with Crippen LogP contribution < -0.4 is 0 Å². The van der Waals surface area contributed by atoms with Gasteiger partial charge in [-0.2, -0.15) is 0 Å². The van der Waals surface area contributed by atoms with E-state index in [9.17, 15) is 4.79 Å². The van der Waals surface area contributed by atoms with Crippen LogP contribution in [0.4, 0.5) is 0 Å². The minimum Gasteiger partial charge on any atom is -0.478 e. The molecule has 0 radical (unpaired) electrons. The molecular weight excluding hydrogens is 314 g/mol. The van der Waals surface area contributed by atoms with E-state index in [0.29, 0.717) is 11.5 Å². The number of carboxylic acids is 1. The number of carbonyl (C=O) groups is 1. The molecule has 92 valence electrons. The van der Waals surface area contributed by atoms with E-state index >= 15 is 0 Å². The van der Waals surface area contributed by atoms with Gasteiger partial charge in [0.1, 0.15) is 0 Å². The Hall–Kier alpha value is -1.20. The predicted octanol–water partition coefficient (Wildman–Crippen LogP) is 4.15. The van der Waals surface area contributed by atoms with Gasteiger partial charge in [-0.15, -0.1) is 11.3 Å². The number of hydrogen-bond acceptors (Lipinski definition) is 3. The molecule has 0 bridgehead atoms. The zero-order valence-electron chi connectivity index (χ0n) is 9.39. The van der Waals surface area contributed by atoms with Crippen LogP contribution >= 0.6 is 27.3 Å². The Labute approximate surface area is 117 Å². The number of aromatic nitrogens is 1. The third-order valence-corrected chi connectivity index (χ3v) is 4.59. The van der Waals surface area contributed by atoms with E-state index in [1.165, 1.54) is 0 Å². The first kappa shape index (κ1) is 11.9. The largest absolute Gasteiger partial charge is 0.478 e. The minimum atomic E-state index is -0.886. The average Bonchev–Trinajstić information content (AvgIpc) is 3.11. The first-order valence-corrected chi connectivity index (χ1v) is 7.26. The Morgan fingerprint density at radius 2 is 2.11 bits per heavy atom. The summed E-state index contributed by atoms with van der Waals surface area (Å²) in [6.07, 6.45) is 2.09. The van der Waals surface area contributed by atoms with Gasteiger partial charge in [-0.25, -0.2) is 4.79 Å². The van der Waals surface area contributed by atoms with Crippen LogP contribution in [-0.2, 0) is 0 Å². The summed E-state index contributed by atoms with van der Waals surface area (Å²) >= 11 is 5.03. The van der Waals surface area contributed by atoms with Gasteiger partial charge in [0.15, 0.2) is 0 Å². The molecule has 1 aliphatic carbocycles. The molecule has 0 saturated heterocycles. The van der Waals surface area contributed by atoms with Crippen LogP contribution in [0.3, 0.4) is 0 Å². The lowest BCUT2D eigenvalue weighted by Crippen LogP contribution is -2.04. The van der Waals surface area contributed by atoms with Crippen molar-refractivity contribution < 1.29 is 9.90 Å². The Bertz CT molecular complexity index is 619. The molecule has 1 N–H and O–H groups in total. The van der Waals surface area contributed by atoms with Crippen molar-refractivity contribution in [3.63, 3.8) is 0 Å². The number of rotatable bonds is 3. The lowest BCUT2D eigenvalue weighted by Gasteiger charge is -2.05. The van der Waals surface area contributed by atoms with Crippen LogP contribution in [0.2, 0.25) is 0 Å². The van der Waals surface area contributed by atoms with Crippen LogP contribution in [0.5, 0.6) is 0 Å². The monoisotopic (exact) mass is 323 g/mol. The second-order valence-corrected chi connectivity index (χ2v) is 6.78. The highest BCUT2D eigenvalue weighted by Gasteiger charge is 2.30. The van der Waals surface area contributed by atoms with Crippen LogP contribution in [0.1, 0.15) is 34.8 Å². The van der Waals surface area contributed by atoms with Crippen LogP contribution in [0, 0.1) is 0 Å². The van der Waals surface area contributed by atoms with E-state index in [0.717, 1.165) is 32.9 Å². The SMILES string of the molecule is O=C(O)c1ccc(-c2ccc(Br)s2)nc1C1CC1. The molecule has 0 aliphatic heterocycles. The quantitative estimate of drug-likeness (QED) is 0.923. The van der Waals surface area contributed by atoms with Crippen molar-refractivity contribution in [1.82, 2.24) is 4.98 Å². The minimum absolute atomic E-state index is 0.333. The first-order chi connectivity index (χ1) is 8.65. The molecule has 5 heteroatoms. The molecule has 2 heterocycles. The maximum absolute atomic E-state index is 11.2. The van der Waals surface area contributed by atoms with E-state index in [1.54, 1.807) is 23.5 Å². The zero-order valence-corrected chi connectivity index (χ0v) is 11.8. The molecule has 3 rings (SSSR count). The van der Waals surface area contributed by atoms with E-state index in [-0.39, 0.29) is 0 Å². The number of aromatic carboxylic acids is 1. The van der Waals surface area contributed by atoms with Gasteiger partial charge in [-0.1, -0.05) is 0 Å². The second-order valence-electron chi connectivity index (χ2n) is 4.31. The van der Waals surface area contributed by atoms with Crippen LogP contribution in [-0.4, -0.2) is 16.1 Å². The van der Waals surface area contributed by atoms with Crippen LogP contribution in [0.15, 0.2) is 28.1 Å². The fraction of sp³-hybridized carbons (Fsp3) is 0.231. The van der Waals surface area contributed by atoms with Crippen molar-refractivity contribution >= 4 is 33.2 Å². The van der Waals surface area contributed by atoms with E-state index in [4.69, 9.17) is 5.11 Å². The van der Waals surface area contributed by atoms with Gasteiger partial charge in [0.05, 0.1) is 25.6 Å². The summed E-state index contributed by atoms with van der Waals surface area (Å²) in [6.45, 7) is 0. The maximum Gasteiger partial charge on any atom is 0.337 e. The van der Waals surface area contributed by atoms with Gasteiger partial charge in [-0.05, 0) is 53.0 Å². The predicted molar refractivity (Wildman–Crippen MR) is 74.2 cm³/mol. The molecule has 2 aromatic rings. The topological polar surface area (TPSA) is 50.2 Å². The second kappa shape index (κ2) is 4.48. The number of carboxylic acid groups (broad SMARTS) is 1. The van der Waals surface area contributed by atoms with Gasteiger partial charge >= 0.3 is 5.97 Å². The Kier molecular flexibility index (Phi) is 2.95. The van der Waals surface area contributed by atoms with Gasteiger partial charge in [0, 0.05) is 5.92 Å². The maximum atomic E-state index is 11.2. The Balaban J connectivity index is 2.07. The van der Waals surface area contributed by atoms with Crippen molar-refractivity contribution in [2.75, 3.05) is 0 Å². The van der Waals surface area contributed by atoms with Crippen molar-refractivity contribution in [1.29, 1.82) is 0 Å². The summed E-state index contributed by atoms with van der Waals surface area (Å²) in [7, 11) is 0. The van der Waals surface area contributed by atoms with Gasteiger partial charge in [0.25, 0.3) is 0 Å². The zero-order chi connectivity index (χ0) is 12.7. The average molecular weight is 324 g/mol. The van der Waals surface area contributed by atoms with Crippen molar-refractivity contribution in [3.05, 3.63) is 39.3 Å². The number of nitrogens with zero attached hydrogens (tertiary/aromatic N) is 1. The molecule has 0 aromatic carbocycles. The molecule has 1 aliphatic rings. The summed E-state index contributed by atoms with van der Waals surface area (Å²) in [5.41, 5.74) is 1.94. The van der Waals surface area contributed by atoms with Crippen LogP contribution in [0.25, 0.3) is 10.6 Å². The molecular formula is C13H10BrNO2S. The standard InChI is InChI=1S/C13H10BrNO2S/c14-11-6-5-10(18-11)9-4-3-8(13(16)17)12(15-9)7-1-2-7/h3-7H,1-2H2,(H,16,17). The van der Waals surface area contributed by atoms with Gasteiger partial charge in [0.2, 0.25) is 0 Å². The molecule has 0 amide bonds. The Morgan fingerprint density at radius 3 is 2.67 bits per heavy atom. The molecule has 0 unspecified atom stereocenters. The molecule has 1 fully saturated rings. The van der Waals surface area contributed by atoms with Crippen molar-refractivity contribution in [3.8, 4) is 10.6 Å². The third-order valence-electron chi connectivity index (χ3n) is 2.94. The van der Waals surface area contributed by atoms with E-state index in [2.05, 4.69) is 20.9 Å². The highest BCUT2D eigenvalue weighted by atomic mass is 79.9. The first-order valence-electron chi connectivity index (χ1n) is 5.65. The third kappa shape index (κ3) is 2.20. The van der Waals surface area contributed by atoms with Crippen molar-refractivity contribution in [2.45, 2.75) is 18.8 Å². The number of hydrogen-bond donors (Lipinski definition) is 1. The molecule has 3 nitrogen and oxygen atoms in total. The summed E-state index contributed by atoms with van der Waals surface area (Å²) < 4.78 is 1.05. The summed E-state index contributed by atoms with van der Waals surface area (Å²) in [5.74, 6) is -0.553. The highest BCUT2D eigenvalue weighted by Crippen LogP contribution is 2.42. The van der Waals surface area contributed by atoms with Gasteiger partial charge < -0.3 is 5.11 Å². The molecule has 1 saturated carbocycles. The molecule has 18 heavy (non-hydrogen) atoms. The number of pyridine rings is 1. The smallest absolute Gasteiger partial charge is 0.337 e.